The number of aliphatic imine (C=N–C) groups is 1. The van der Waals surface area contributed by atoms with Crippen molar-refractivity contribution in [2.45, 2.75) is 26.4 Å². The predicted molar refractivity (Wildman–Crippen MR) is 106 cm³/mol. The molecular formula is C17H25ClN6S. The van der Waals surface area contributed by atoms with E-state index in [1.54, 1.807) is 18.1 Å². The summed E-state index contributed by atoms with van der Waals surface area (Å²) in [5.41, 5.74) is 1.02. The lowest BCUT2D eigenvalue weighted by Gasteiger charge is -2.13. The van der Waals surface area contributed by atoms with Gasteiger partial charge in [-0.2, -0.15) is 11.8 Å². The van der Waals surface area contributed by atoms with Crippen LogP contribution in [-0.4, -0.2) is 45.8 Å². The van der Waals surface area contributed by atoms with Crippen molar-refractivity contribution in [2.24, 2.45) is 4.99 Å². The van der Waals surface area contributed by atoms with E-state index in [9.17, 15) is 0 Å². The molecule has 1 aromatic carbocycles. The van der Waals surface area contributed by atoms with Gasteiger partial charge in [0.1, 0.15) is 12.2 Å². The quantitative estimate of drug-likeness (QED) is 0.397. The highest BCUT2D eigenvalue weighted by atomic mass is 35.5. The number of hydrogen-bond acceptors (Lipinski definition) is 4. The fourth-order valence-corrected chi connectivity index (χ4v) is 2.77. The SMILES string of the molecule is CCc1nncn1CCNC(=NCc1ccccc1Cl)NCCSC. The fourth-order valence-electron chi connectivity index (χ4n) is 2.27. The smallest absolute Gasteiger partial charge is 0.191 e. The average Bonchev–Trinajstić information content (AvgIpc) is 3.08. The van der Waals surface area contributed by atoms with Crippen molar-refractivity contribution in [2.75, 3.05) is 25.1 Å². The molecule has 0 amide bonds. The van der Waals surface area contributed by atoms with Crippen LogP contribution in [0.2, 0.25) is 5.02 Å². The molecule has 0 unspecified atom stereocenters. The van der Waals surface area contributed by atoms with Crippen molar-refractivity contribution in [1.82, 2.24) is 25.4 Å². The Balaban J connectivity index is 1.92. The molecule has 0 bridgehead atoms. The van der Waals surface area contributed by atoms with Crippen LogP contribution in [0, 0.1) is 0 Å². The van der Waals surface area contributed by atoms with E-state index in [2.05, 4.69) is 43.6 Å². The summed E-state index contributed by atoms with van der Waals surface area (Å²) in [5, 5.41) is 15.5. The number of aromatic nitrogens is 3. The summed E-state index contributed by atoms with van der Waals surface area (Å²) in [6, 6.07) is 7.79. The van der Waals surface area contributed by atoms with Crippen molar-refractivity contribution in [3.05, 3.63) is 47.0 Å². The van der Waals surface area contributed by atoms with Crippen molar-refractivity contribution in [1.29, 1.82) is 0 Å². The summed E-state index contributed by atoms with van der Waals surface area (Å²) in [5.74, 6) is 2.81. The van der Waals surface area contributed by atoms with Crippen molar-refractivity contribution in [3.63, 3.8) is 0 Å². The number of aryl methyl sites for hydroxylation is 1. The van der Waals surface area contributed by atoms with E-state index in [4.69, 9.17) is 11.6 Å². The summed E-state index contributed by atoms with van der Waals surface area (Å²) >= 11 is 8.01. The maximum Gasteiger partial charge on any atom is 0.191 e. The van der Waals surface area contributed by atoms with E-state index in [0.717, 1.165) is 54.2 Å². The topological polar surface area (TPSA) is 67.1 Å². The van der Waals surface area contributed by atoms with Gasteiger partial charge < -0.3 is 15.2 Å². The Kier molecular flexibility index (Phi) is 8.62. The molecule has 1 aromatic heterocycles. The van der Waals surface area contributed by atoms with Crippen LogP contribution < -0.4 is 10.6 Å². The Hall–Kier alpha value is -1.73. The van der Waals surface area contributed by atoms with E-state index >= 15 is 0 Å². The molecule has 8 heteroatoms. The third-order valence-corrected chi connectivity index (χ3v) is 4.60. The molecule has 0 aliphatic heterocycles. The molecule has 25 heavy (non-hydrogen) atoms. The zero-order valence-electron chi connectivity index (χ0n) is 14.7. The molecule has 0 saturated carbocycles. The first kappa shape index (κ1) is 19.6. The molecule has 0 radical (unpaired) electrons. The molecule has 0 aliphatic rings. The van der Waals surface area contributed by atoms with Crippen molar-refractivity contribution >= 4 is 29.3 Å². The zero-order valence-corrected chi connectivity index (χ0v) is 16.3. The standard InChI is InChI=1S/C17H25ClN6S/c1-3-16-23-22-13-24(16)10-8-19-17(20-9-11-25-2)21-12-14-6-4-5-7-15(14)18/h4-7,13H,3,8-12H2,1-2H3,(H2,19,20,21). The molecule has 0 fully saturated rings. The highest BCUT2D eigenvalue weighted by molar-refractivity contribution is 7.98. The summed E-state index contributed by atoms with van der Waals surface area (Å²) in [7, 11) is 0. The number of rotatable bonds is 9. The van der Waals surface area contributed by atoms with Crippen LogP contribution in [0.15, 0.2) is 35.6 Å². The molecule has 0 spiro atoms. The van der Waals surface area contributed by atoms with Gasteiger partial charge in [0.05, 0.1) is 6.54 Å². The zero-order chi connectivity index (χ0) is 17.9. The van der Waals surface area contributed by atoms with Crippen molar-refractivity contribution < 1.29 is 0 Å². The Morgan fingerprint density at radius 3 is 2.84 bits per heavy atom. The van der Waals surface area contributed by atoms with Gasteiger partial charge in [0.15, 0.2) is 5.96 Å². The lowest BCUT2D eigenvalue weighted by atomic mass is 10.2. The molecule has 1 heterocycles. The predicted octanol–water partition coefficient (Wildman–Crippen LogP) is 2.59. The molecule has 2 N–H and O–H groups in total. The van der Waals surface area contributed by atoms with Gasteiger partial charge in [-0.15, -0.1) is 10.2 Å². The Morgan fingerprint density at radius 2 is 2.08 bits per heavy atom. The number of nitrogens with one attached hydrogen (secondary N) is 2. The number of hydrogen-bond donors (Lipinski definition) is 2. The minimum atomic E-state index is 0.543. The Morgan fingerprint density at radius 1 is 1.28 bits per heavy atom. The van der Waals surface area contributed by atoms with Gasteiger partial charge in [0.25, 0.3) is 0 Å². The molecule has 6 nitrogen and oxygen atoms in total. The maximum atomic E-state index is 6.21. The normalized spacial score (nSPS) is 11.6. The van der Waals surface area contributed by atoms with E-state index in [1.807, 2.05) is 24.3 Å². The third kappa shape index (κ3) is 6.59. The lowest BCUT2D eigenvalue weighted by Crippen LogP contribution is -2.40. The lowest BCUT2D eigenvalue weighted by molar-refractivity contribution is 0.633. The van der Waals surface area contributed by atoms with Crippen molar-refractivity contribution in [3.8, 4) is 0 Å². The second-order valence-electron chi connectivity index (χ2n) is 5.40. The minimum absolute atomic E-state index is 0.543. The van der Waals surface area contributed by atoms with Gasteiger partial charge in [-0.3, -0.25) is 0 Å². The number of guanidine groups is 1. The molecule has 136 valence electrons. The molecule has 0 atom stereocenters. The van der Waals surface area contributed by atoms with Gasteiger partial charge in [0, 0.05) is 36.8 Å². The van der Waals surface area contributed by atoms with Gasteiger partial charge in [-0.25, -0.2) is 4.99 Å². The summed E-state index contributed by atoms with van der Waals surface area (Å²) < 4.78 is 2.06. The molecule has 0 saturated heterocycles. The molecule has 2 aromatic rings. The van der Waals surface area contributed by atoms with Crippen LogP contribution >= 0.6 is 23.4 Å². The highest BCUT2D eigenvalue weighted by Crippen LogP contribution is 2.15. The molecular weight excluding hydrogens is 356 g/mol. The molecule has 2 rings (SSSR count). The number of nitrogens with zero attached hydrogens (tertiary/aromatic N) is 4. The third-order valence-electron chi connectivity index (χ3n) is 3.62. The Bertz CT molecular complexity index is 673. The van der Waals surface area contributed by atoms with Gasteiger partial charge in [0.2, 0.25) is 0 Å². The number of thioether (sulfide) groups is 1. The summed E-state index contributed by atoms with van der Waals surface area (Å²) in [4.78, 5) is 4.65. The van der Waals surface area contributed by atoms with Crippen LogP contribution in [0.25, 0.3) is 0 Å². The van der Waals surface area contributed by atoms with Crippen LogP contribution in [-0.2, 0) is 19.5 Å². The minimum Gasteiger partial charge on any atom is -0.356 e. The van der Waals surface area contributed by atoms with E-state index in [-0.39, 0.29) is 0 Å². The number of benzene rings is 1. The second-order valence-corrected chi connectivity index (χ2v) is 6.79. The van der Waals surface area contributed by atoms with Gasteiger partial charge >= 0.3 is 0 Å². The van der Waals surface area contributed by atoms with E-state index in [0.29, 0.717) is 6.54 Å². The summed E-state index contributed by atoms with van der Waals surface area (Å²) in [6.07, 6.45) is 4.73. The van der Waals surface area contributed by atoms with Crippen LogP contribution in [0.3, 0.4) is 0 Å². The Labute approximate surface area is 158 Å². The van der Waals surface area contributed by atoms with Gasteiger partial charge in [-0.1, -0.05) is 36.7 Å². The first-order chi connectivity index (χ1) is 12.2. The second kappa shape index (κ2) is 11.0. The van der Waals surface area contributed by atoms with Crippen LogP contribution in [0.5, 0.6) is 0 Å². The van der Waals surface area contributed by atoms with E-state index in [1.165, 1.54) is 0 Å². The molecule has 0 aliphatic carbocycles. The first-order valence-corrected chi connectivity index (χ1v) is 10.1. The van der Waals surface area contributed by atoms with Gasteiger partial charge in [-0.05, 0) is 17.9 Å². The van der Waals surface area contributed by atoms with Crippen LogP contribution in [0.1, 0.15) is 18.3 Å². The maximum absolute atomic E-state index is 6.21. The first-order valence-electron chi connectivity index (χ1n) is 8.35. The highest BCUT2D eigenvalue weighted by Gasteiger charge is 2.03. The largest absolute Gasteiger partial charge is 0.356 e. The van der Waals surface area contributed by atoms with E-state index < -0.39 is 0 Å². The fraction of sp³-hybridized carbons (Fsp3) is 0.471. The summed E-state index contributed by atoms with van der Waals surface area (Å²) in [6.45, 7) is 5.03. The number of halogens is 1. The van der Waals surface area contributed by atoms with Crippen LogP contribution in [0.4, 0.5) is 0 Å². The average molecular weight is 381 g/mol. The monoisotopic (exact) mass is 380 g/mol.